The number of carboxylic acids is 1. The highest BCUT2D eigenvalue weighted by molar-refractivity contribution is 7.85. The molecule has 0 spiro atoms. The molecule has 0 saturated carbocycles. The van der Waals surface area contributed by atoms with Gasteiger partial charge in [-0.2, -0.15) is 13.5 Å². The first-order chi connectivity index (χ1) is 33.3. The molecule has 1 aliphatic rings. The summed E-state index contributed by atoms with van der Waals surface area (Å²) in [5.74, 6) is -5.56. The van der Waals surface area contributed by atoms with Gasteiger partial charge in [-0.1, -0.05) is 51.1 Å². The predicted molar refractivity (Wildman–Crippen MR) is 253 cm³/mol. The van der Waals surface area contributed by atoms with Gasteiger partial charge in [0.15, 0.2) is 11.8 Å². The molecule has 2 heterocycles. The van der Waals surface area contributed by atoms with Crippen molar-refractivity contribution < 1.29 is 56.4 Å². The lowest BCUT2D eigenvalue weighted by atomic mass is 9.99. The average molecular weight is 993 g/mol. The van der Waals surface area contributed by atoms with Crippen LogP contribution in [-0.4, -0.2) is 127 Å². The third kappa shape index (κ3) is 18.5. The molecule has 24 nitrogen and oxygen atoms in total. The molecule has 0 radical (unpaired) electrons. The fourth-order valence-electron chi connectivity index (χ4n) is 6.70. The van der Waals surface area contributed by atoms with Crippen LogP contribution in [-0.2, 0) is 51.9 Å². The number of nitrogens with zero attached hydrogens (tertiary/aromatic N) is 4. The summed E-state index contributed by atoms with van der Waals surface area (Å²) in [6.07, 6.45) is 1.98. The number of nitrogens with one attached hydrogen (secondary N) is 7. The quantitative estimate of drug-likeness (QED) is 0.0230. The minimum absolute atomic E-state index is 0.100. The number of carboxylic acid groups (broad SMARTS) is 1. The summed E-state index contributed by atoms with van der Waals surface area (Å²) in [7, 11) is -4.43. The third-order valence-electron chi connectivity index (χ3n) is 10.4. The molecule has 0 aliphatic carbocycles. The van der Waals surface area contributed by atoms with Crippen molar-refractivity contribution in [1.82, 2.24) is 42.2 Å². The Morgan fingerprint density at radius 1 is 0.871 bits per heavy atom. The molecule has 70 heavy (non-hydrogen) atoms. The van der Waals surface area contributed by atoms with Crippen molar-refractivity contribution in [2.75, 3.05) is 32.8 Å². The van der Waals surface area contributed by atoms with Crippen LogP contribution in [0.25, 0.3) is 0 Å². The molecule has 2 aromatic carbocycles. The van der Waals surface area contributed by atoms with E-state index in [1.165, 1.54) is 36.5 Å². The van der Waals surface area contributed by atoms with E-state index >= 15 is 0 Å². The zero-order chi connectivity index (χ0) is 51.2. The molecule has 6 amide bonds. The standard InChI is InChI=1S/C45H60N12O12S/c1-4-18-48-45(46)49-19-7-10-32-41(62)51-26-37(58)53-34(23-38(59)60)42(63)55-33(43(64)56-39(27(2)3)44(65)54-32)22-28-12-15-31(16-13-28)69-21-8-20-47-40(61)30-14-17-36(50-24-30)57-52-25-29-9-5-6-11-35(29)70(66,67)68/h5-6,9,11-17,24,27,32-34,39H,4,7-8,10,18-23,25-26H2,1-3H3,(H,47,61)(H,51,62)(H,53,58)(H,54,65)(H,55,63)(H,56,64)(H,59,60)(H3,46,48,49)(H,66,67,68)/t32-,33+,34-,39-/m0/s1. The molecule has 1 saturated heterocycles. The lowest BCUT2D eigenvalue weighted by Gasteiger charge is -2.27. The van der Waals surface area contributed by atoms with Crippen LogP contribution in [0.5, 0.6) is 5.75 Å². The van der Waals surface area contributed by atoms with Gasteiger partial charge < -0.3 is 52.8 Å². The number of pyridine rings is 1. The maximum Gasteiger partial charge on any atom is 0.305 e. The van der Waals surface area contributed by atoms with Gasteiger partial charge in [-0.15, -0.1) is 5.11 Å². The van der Waals surface area contributed by atoms with Gasteiger partial charge in [-0.3, -0.25) is 43.1 Å². The number of carbonyl (C=O) groups excluding carboxylic acids is 6. The van der Waals surface area contributed by atoms with Crippen LogP contribution >= 0.6 is 0 Å². The summed E-state index contributed by atoms with van der Waals surface area (Å²) in [5, 5.41) is 35.8. The molecule has 4 rings (SSSR count). The summed E-state index contributed by atoms with van der Waals surface area (Å²) in [6.45, 7) is 5.81. The SMILES string of the molecule is CCCN=C(N)NCCC[C@@H]1NC(=O)[C@H](C(C)C)NC(=O)[C@@H](Cc2ccc(OCCCNC(=O)c3ccc(N=NCc4ccccc4S(=O)(=O)O)nc3)cc2)NC(=O)[C@H](CC(=O)O)NC(=O)CNC1=O. The first-order valence-electron chi connectivity index (χ1n) is 22.5. The minimum Gasteiger partial charge on any atom is -0.494 e. The Kier molecular flexibility index (Phi) is 21.6. The van der Waals surface area contributed by atoms with Gasteiger partial charge >= 0.3 is 5.97 Å². The van der Waals surface area contributed by atoms with Crippen molar-refractivity contribution in [1.29, 1.82) is 0 Å². The van der Waals surface area contributed by atoms with E-state index in [4.69, 9.17) is 10.5 Å². The van der Waals surface area contributed by atoms with E-state index in [2.05, 4.69) is 57.4 Å². The van der Waals surface area contributed by atoms with Crippen molar-refractivity contribution in [3.05, 3.63) is 83.6 Å². The zero-order valence-electron chi connectivity index (χ0n) is 39.0. The summed E-state index contributed by atoms with van der Waals surface area (Å²) in [4.78, 5) is 100.0. The molecule has 378 valence electrons. The monoisotopic (exact) mass is 992 g/mol. The molecule has 1 aliphatic heterocycles. The van der Waals surface area contributed by atoms with E-state index < -0.39 is 94.6 Å². The lowest BCUT2D eigenvalue weighted by Crippen LogP contribution is -2.59. The maximum absolute atomic E-state index is 14.0. The number of azo groups is 1. The number of carbonyl (C=O) groups is 7. The Balaban J connectivity index is 1.36. The number of aliphatic carboxylic acids is 1. The van der Waals surface area contributed by atoms with Gasteiger partial charge in [0, 0.05) is 32.3 Å². The topological polar surface area (TPSA) is 364 Å². The highest BCUT2D eigenvalue weighted by Gasteiger charge is 2.34. The number of amides is 6. The molecule has 0 bridgehead atoms. The summed E-state index contributed by atoms with van der Waals surface area (Å²) < 4.78 is 38.4. The highest BCUT2D eigenvalue weighted by atomic mass is 32.2. The number of hydrogen-bond donors (Lipinski definition) is 10. The van der Waals surface area contributed by atoms with E-state index in [-0.39, 0.29) is 60.3 Å². The number of ether oxygens (including phenoxy) is 1. The number of benzene rings is 2. The second kappa shape index (κ2) is 27.5. The summed E-state index contributed by atoms with van der Waals surface area (Å²) in [6, 6.07) is 9.98. The van der Waals surface area contributed by atoms with Crippen LogP contribution in [0.2, 0.25) is 0 Å². The van der Waals surface area contributed by atoms with Gasteiger partial charge in [-0.05, 0) is 73.1 Å². The maximum atomic E-state index is 14.0. The number of aromatic nitrogens is 1. The molecule has 25 heteroatoms. The Labute approximate surface area is 404 Å². The van der Waals surface area contributed by atoms with E-state index in [1.807, 2.05) is 6.92 Å². The van der Waals surface area contributed by atoms with E-state index in [0.717, 1.165) is 6.42 Å². The van der Waals surface area contributed by atoms with Crippen molar-refractivity contribution in [2.45, 2.75) is 94.9 Å². The number of aliphatic imine (C=N–C) groups is 1. The van der Waals surface area contributed by atoms with Gasteiger partial charge in [0.1, 0.15) is 29.9 Å². The molecule has 0 unspecified atom stereocenters. The number of hydrogen-bond acceptors (Lipinski definition) is 14. The van der Waals surface area contributed by atoms with Crippen LogP contribution in [0.3, 0.4) is 0 Å². The smallest absolute Gasteiger partial charge is 0.305 e. The first kappa shape index (κ1) is 55.1. The largest absolute Gasteiger partial charge is 0.494 e. The zero-order valence-corrected chi connectivity index (χ0v) is 39.8. The van der Waals surface area contributed by atoms with E-state index in [0.29, 0.717) is 37.2 Å². The Morgan fingerprint density at radius 3 is 2.24 bits per heavy atom. The number of rotatable bonds is 21. The van der Waals surface area contributed by atoms with Crippen LogP contribution in [0.1, 0.15) is 74.4 Å². The Morgan fingerprint density at radius 2 is 1.57 bits per heavy atom. The Bertz CT molecular complexity index is 2470. The molecule has 3 aromatic rings. The normalized spacial score (nSPS) is 18.6. The van der Waals surface area contributed by atoms with Crippen LogP contribution in [0.4, 0.5) is 5.82 Å². The lowest BCUT2D eigenvalue weighted by molar-refractivity contribution is -0.141. The molecule has 11 N–H and O–H groups in total. The van der Waals surface area contributed by atoms with Gasteiger partial charge in [0.2, 0.25) is 29.5 Å². The molecular formula is C45H60N12O12S. The Hall–Kier alpha value is -7.54. The van der Waals surface area contributed by atoms with Crippen LogP contribution in [0, 0.1) is 5.92 Å². The summed E-state index contributed by atoms with van der Waals surface area (Å²) >= 11 is 0. The number of nitrogens with two attached hydrogens (primary N) is 1. The molecule has 4 atom stereocenters. The fourth-order valence-corrected chi connectivity index (χ4v) is 7.42. The van der Waals surface area contributed by atoms with Gasteiger partial charge in [0.25, 0.3) is 16.0 Å². The van der Waals surface area contributed by atoms with Gasteiger partial charge in [-0.25, -0.2) is 4.98 Å². The summed E-state index contributed by atoms with van der Waals surface area (Å²) in [5.41, 5.74) is 6.90. The van der Waals surface area contributed by atoms with Crippen molar-refractivity contribution >= 4 is 63.3 Å². The van der Waals surface area contributed by atoms with Gasteiger partial charge in [0.05, 0.1) is 36.6 Å². The first-order valence-corrected chi connectivity index (χ1v) is 23.9. The highest BCUT2D eigenvalue weighted by Crippen LogP contribution is 2.18. The van der Waals surface area contributed by atoms with Crippen molar-refractivity contribution in [3.63, 3.8) is 0 Å². The van der Waals surface area contributed by atoms with Crippen molar-refractivity contribution in [3.8, 4) is 5.75 Å². The fraction of sp³-hybridized carbons (Fsp3) is 0.444. The van der Waals surface area contributed by atoms with Crippen molar-refractivity contribution in [2.24, 2.45) is 26.9 Å². The average Bonchev–Trinajstić information content (AvgIpc) is 3.32. The predicted octanol–water partition coefficient (Wildman–Crippen LogP) is 0.648. The van der Waals surface area contributed by atoms with E-state index in [9.17, 15) is 51.6 Å². The minimum atomic E-state index is -4.43. The molecule has 1 fully saturated rings. The second-order valence-corrected chi connectivity index (χ2v) is 17.7. The second-order valence-electron chi connectivity index (χ2n) is 16.3. The van der Waals surface area contributed by atoms with Crippen LogP contribution in [0.15, 0.2) is 87.0 Å². The number of guanidine groups is 1. The third-order valence-corrected chi connectivity index (χ3v) is 11.3. The molecular weight excluding hydrogens is 933 g/mol. The molecule has 1 aromatic heterocycles. The van der Waals surface area contributed by atoms with Crippen LogP contribution < -0.4 is 47.7 Å². The van der Waals surface area contributed by atoms with E-state index in [1.54, 1.807) is 44.2 Å².